The number of aryl methyl sites for hydroxylation is 1. The molecule has 1 saturated heterocycles. The number of hydrogen-bond donors (Lipinski definition) is 2. The van der Waals surface area contributed by atoms with E-state index in [0.717, 1.165) is 42.5 Å². The number of hydrogen-bond acceptors (Lipinski definition) is 3. The summed E-state index contributed by atoms with van der Waals surface area (Å²) >= 11 is 0. The van der Waals surface area contributed by atoms with E-state index in [2.05, 4.69) is 15.7 Å². The molecule has 1 aromatic carbocycles. The van der Waals surface area contributed by atoms with Crippen LogP contribution in [0.4, 0.5) is 0 Å². The zero-order chi connectivity index (χ0) is 16.2. The summed E-state index contributed by atoms with van der Waals surface area (Å²) in [7, 11) is 0. The number of rotatable bonds is 7. The summed E-state index contributed by atoms with van der Waals surface area (Å²) in [5, 5.41) is 19.5. The number of nitrogens with zero attached hydrogens (tertiary/aromatic N) is 2. The zero-order valence-corrected chi connectivity index (χ0v) is 13.4. The van der Waals surface area contributed by atoms with E-state index >= 15 is 0 Å². The maximum absolute atomic E-state index is 11.6. The van der Waals surface area contributed by atoms with Crippen molar-refractivity contribution in [3.63, 3.8) is 0 Å². The van der Waals surface area contributed by atoms with Gasteiger partial charge in [-0.15, -0.1) is 0 Å². The molecule has 0 unspecified atom stereocenters. The van der Waals surface area contributed by atoms with Crippen molar-refractivity contribution in [3.8, 4) is 0 Å². The summed E-state index contributed by atoms with van der Waals surface area (Å²) in [6.45, 7) is 4.12. The number of carboxylic acids is 1. The average molecular weight is 316 g/mol. The van der Waals surface area contributed by atoms with Crippen molar-refractivity contribution in [2.24, 2.45) is 0 Å². The third-order valence-corrected chi connectivity index (χ3v) is 4.67. The van der Waals surface area contributed by atoms with Gasteiger partial charge in [0.25, 0.3) is 0 Å². The molecule has 2 aromatic rings. The molecule has 0 amide bonds. The molecule has 3 rings (SSSR count). The van der Waals surface area contributed by atoms with Crippen LogP contribution in [0.1, 0.15) is 35.2 Å². The lowest BCUT2D eigenvalue weighted by Gasteiger charge is -2.13. The highest BCUT2D eigenvalue weighted by molar-refractivity contribution is 6.04. The van der Waals surface area contributed by atoms with Crippen molar-refractivity contribution >= 4 is 16.9 Å². The molecule has 1 aliphatic rings. The Morgan fingerprint density at radius 3 is 2.65 bits per heavy atom. The predicted molar refractivity (Wildman–Crippen MR) is 90.0 cm³/mol. The van der Waals surface area contributed by atoms with Gasteiger partial charge in [-0.25, -0.2) is 4.79 Å². The number of aromatic carboxylic acids is 1. The lowest BCUT2D eigenvalue weighted by molar-refractivity contribution is 0.0699. The van der Waals surface area contributed by atoms with E-state index in [1.165, 1.54) is 12.8 Å². The number of likely N-dealkylation sites (tertiary alicyclic amines) is 1. The highest BCUT2D eigenvalue weighted by Crippen LogP contribution is 2.27. The summed E-state index contributed by atoms with van der Waals surface area (Å²) in [4.78, 5) is 14.0. The minimum Gasteiger partial charge on any atom is -0.478 e. The van der Waals surface area contributed by atoms with E-state index in [4.69, 9.17) is 5.11 Å². The normalized spacial score (nSPS) is 15.5. The van der Waals surface area contributed by atoms with Crippen molar-refractivity contribution in [2.45, 2.75) is 32.2 Å². The van der Waals surface area contributed by atoms with Gasteiger partial charge in [0.2, 0.25) is 0 Å². The highest BCUT2D eigenvalue weighted by Gasteiger charge is 2.18. The number of carbonyl (C=O) groups is 1. The van der Waals surface area contributed by atoms with Gasteiger partial charge in [0, 0.05) is 36.8 Å². The number of fused-ring (bicyclic) bond motifs is 1. The third kappa shape index (κ3) is 3.41. The first-order valence-corrected chi connectivity index (χ1v) is 8.38. The molecule has 2 heterocycles. The van der Waals surface area contributed by atoms with Crippen LogP contribution in [0.2, 0.25) is 0 Å². The lowest BCUT2D eigenvalue weighted by atomic mass is 10.0. The Morgan fingerprint density at radius 1 is 1.17 bits per heavy atom. The maximum atomic E-state index is 11.6. The van der Waals surface area contributed by atoms with Gasteiger partial charge in [0.05, 0.1) is 5.56 Å². The Morgan fingerprint density at radius 2 is 1.96 bits per heavy atom. The van der Waals surface area contributed by atoms with E-state index < -0.39 is 5.97 Å². The number of carboxylic acid groups (broad SMARTS) is 1. The van der Waals surface area contributed by atoms with Crippen LogP contribution >= 0.6 is 0 Å². The van der Waals surface area contributed by atoms with Crippen molar-refractivity contribution in [1.29, 1.82) is 0 Å². The summed E-state index contributed by atoms with van der Waals surface area (Å²) in [5.41, 5.74) is 2.43. The van der Waals surface area contributed by atoms with Crippen LogP contribution in [0, 0.1) is 0 Å². The Kier molecular flexibility index (Phi) is 4.98. The molecule has 5 nitrogen and oxygen atoms in total. The topological polar surface area (TPSA) is 65.7 Å². The predicted octanol–water partition coefficient (Wildman–Crippen LogP) is 2.36. The smallest absolute Gasteiger partial charge is 0.336 e. The molecule has 0 spiro atoms. The molecular formula is C18H24N2O3. The molecule has 0 saturated carbocycles. The Bertz CT molecular complexity index is 687. The van der Waals surface area contributed by atoms with Crippen molar-refractivity contribution < 1.29 is 15.0 Å². The van der Waals surface area contributed by atoms with Crippen molar-refractivity contribution in [3.05, 3.63) is 35.5 Å². The van der Waals surface area contributed by atoms with Crippen LogP contribution < -0.4 is 0 Å². The largest absolute Gasteiger partial charge is 0.478 e. The van der Waals surface area contributed by atoms with Gasteiger partial charge >= 0.3 is 5.97 Å². The SMILES string of the molecule is O=C(O)c1cccc2c1c(CCN1CCCC1)cn2CCCO. The van der Waals surface area contributed by atoms with E-state index in [1.807, 2.05) is 6.07 Å². The fourth-order valence-corrected chi connectivity index (χ4v) is 3.52. The summed E-state index contributed by atoms with van der Waals surface area (Å²) in [6.07, 6.45) is 6.14. The van der Waals surface area contributed by atoms with E-state index in [1.54, 1.807) is 12.1 Å². The first-order valence-electron chi connectivity index (χ1n) is 8.38. The number of benzene rings is 1. The molecule has 0 atom stereocenters. The van der Waals surface area contributed by atoms with Gasteiger partial charge in [0.1, 0.15) is 0 Å². The van der Waals surface area contributed by atoms with Crippen LogP contribution in [0.15, 0.2) is 24.4 Å². The maximum Gasteiger partial charge on any atom is 0.336 e. The standard InChI is InChI=1S/C18H24N2O3/c21-12-4-10-20-13-14(7-11-19-8-1-2-9-19)17-15(18(22)23)5-3-6-16(17)20/h3,5-6,13,21H,1-2,4,7-12H2,(H,22,23). The fourth-order valence-electron chi connectivity index (χ4n) is 3.52. The van der Waals surface area contributed by atoms with Crippen molar-refractivity contribution in [2.75, 3.05) is 26.2 Å². The molecule has 1 aromatic heterocycles. The second kappa shape index (κ2) is 7.15. The van der Waals surface area contributed by atoms with Crippen LogP contribution in [-0.4, -0.2) is 51.9 Å². The molecule has 124 valence electrons. The average Bonchev–Trinajstić information content (AvgIpc) is 3.18. The van der Waals surface area contributed by atoms with E-state index in [9.17, 15) is 9.90 Å². The van der Waals surface area contributed by atoms with Crippen LogP contribution in [0.5, 0.6) is 0 Å². The minimum atomic E-state index is -0.877. The molecule has 0 bridgehead atoms. The Labute approximate surface area is 136 Å². The van der Waals surface area contributed by atoms with Gasteiger partial charge in [-0.2, -0.15) is 0 Å². The molecule has 5 heteroatoms. The molecule has 2 N–H and O–H groups in total. The number of aliphatic hydroxyl groups excluding tert-OH is 1. The summed E-state index contributed by atoms with van der Waals surface area (Å²) in [6, 6.07) is 5.45. The Balaban J connectivity index is 1.94. The molecular weight excluding hydrogens is 292 g/mol. The highest BCUT2D eigenvalue weighted by atomic mass is 16.4. The number of aliphatic hydroxyl groups is 1. The monoisotopic (exact) mass is 316 g/mol. The summed E-state index contributed by atoms with van der Waals surface area (Å²) in [5.74, 6) is -0.877. The molecule has 23 heavy (non-hydrogen) atoms. The van der Waals surface area contributed by atoms with Crippen LogP contribution in [0.3, 0.4) is 0 Å². The van der Waals surface area contributed by atoms with Gasteiger partial charge in [-0.3, -0.25) is 0 Å². The first-order chi connectivity index (χ1) is 11.2. The summed E-state index contributed by atoms with van der Waals surface area (Å²) < 4.78 is 2.08. The van der Waals surface area contributed by atoms with Gasteiger partial charge in [-0.1, -0.05) is 6.07 Å². The zero-order valence-electron chi connectivity index (χ0n) is 13.4. The molecule has 0 aliphatic carbocycles. The van der Waals surface area contributed by atoms with Gasteiger partial charge < -0.3 is 19.7 Å². The van der Waals surface area contributed by atoms with Crippen molar-refractivity contribution in [1.82, 2.24) is 9.47 Å². The third-order valence-electron chi connectivity index (χ3n) is 4.67. The van der Waals surface area contributed by atoms with Gasteiger partial charge in [-0.05, 0) is 56.5 Å². The minimum absolute atomic E-state index is 0.140. The van der Waals surface area contributed by atoms with Crippen LogP contribution in [0.25, 0.3) is 10.9 Å². The second-order valence-electron chi connectivity index (χ2n) is 6.23. The van der Waals surface area contributed by atoms with Gasteiger partial charge in [0.15, 0.2) is 0 Å². The Hall–Kier alpha value is -1.85. The fraction of sp³-hybridized carbons (Fsp3) is 0.500. The molecule has 1 fully saturated rings. The second-order valence-corrected chi connectivity index (χ2v) is 6.23. The first kappa shape index (κ1) is 16.0. The van der Waals surface area contributed by atoms with E-state index in [-0.39, 0.29) is 6.61 Å². The van der Waals surface area contributed by atoms with Crippen LogP contribution in [-0.2, 0) is 13.0 Å². The molecule has 0 radical (unpaired) electrons. The molecule has 1 aliphatic heterocycles. The number of aromatic nitrogens is 1. The van der Waals surface area contributed by atoms with E-state index in [0.29, 0.717) is 18.5 Å². The quantitative estimate of drug-likeness (QED) is 0.823. The lowest BCUT2D eigenvalue weighted by Crippen LogP contribution is -2.21.